The molecule has 0 radical (unpaired) electrons. The number of halogens is 2. The molecule has 1 fully saturated rings. The zero-order chi connectivity index (χ0) is 14.1. The van der Waals surface area contributed by atoms with Gasteiger partial charge in [0.1, 0.15) is 4.90 Å². The lowest BCUT2D eigenvalue weighted by molar-refractivity contribution is 0.249. The maximum Gasteiger partial charge on any atom is 0.242 e. The molecule has 0 heterocycles. The summed E-state index contributed by atoms with van der Waals surface area (Å²) in [7, 11) is -3.67. The predicted octanol–water partition coefficient (Wildman–Crippen LogP) is 2.43. The van der Waals surface area contributed by atoms with Gasteiger partial charge in [0.05, 0.1) is 10.0 Å². The third kappa shape index (κ3) is 3.41. The van der Waals surface area contributed by atoms with Crippen molar-refractivity contribution in [2.45, 2.75) is 24.2 Å². The van der Waals surface area contributed by atoms with Gasteiger partial charge in [-0.15, -0.1) is 0 Å². The first kappa shape index (κ1) is 15.1. The van der Waals surface area contributed by atoms with E-state index in [1.54, 1.807) is 6.07 Å². The summed E-state index contributed by atoms with van der Waals surface area (Å²) >= 11 is 11.7. The van der Waals surface area contributed by atoms with Gasteiger partial charge < -0.3 is 5.11 Å². The number of hydrogen-bond acceptors (Lipinski definition) is 3. The van der Waals surface area contributed by atoms with Crippen LogP contribution in [0.15, 0.2) is 23.1 Å². The van der Waals surface area contributed by atoms with Gasteiger partial charge in [0.2, 0.25) is 10.0 Å². The minimum absolute atomic E-state index is 0.0125. The Hall–Kier alpha value is -0.330. The van der Waals surface area contributed by atoms with Crippen molar-refractivity contribution in [2.75, 3.05) is 13.2 Å². The molecule has 4 nitrogen and oxygen atoms in total. The summed E-state index contributed by atoms with van der Waals surface area (Å²) in [6, 6.07) is 4.50. The molecule has 1 aliphatic carbocycles. The molecular formula is C12H15Cl2NO3S. The van der Waals surface area contributed by atoms with E-state index in [0.29, 0.717) is 13.0 Å². The summed E-state index contributed by atoms with van der Waals surface area (Å²) in [4.78, 5) is -0.0125. The molecule has 106 valence electrons. The SMILES string of the molecule is O=S(=O)(NCC1(CCO)CC1)c1cccc(Cl)c1Cl. The molecule has 0 bridgehead atoms. The third-order valence-corrected chi connectivity index (χ3v) is 5.82. The summed E-state index contributed by atoms with van der Waals surface area (Å²) in [5.41, 5.74) is -0.0904. The second-order valence-electron chi connectivity index (χ2n) is 4.85. The van der Waals surface area contributed by atoms with Crippen LogP contribution in [0.2, 0.25) is 10.0 Å². The first-order valence-corrected chi connectivity index (χ1v) is 8.19. The molecule has 2 N–H and O–H groups in total. The average molecular weight is 324 g/mol. The largest absolute Gasteiger partial charge is 0.396 e. The lowest BCUT2D eigenvalue weighted by Gasteiger charge is -2.15. The van der Waals surface area contributed by atoms with Gasteiger partial charge in [-0.3, -0.25) is 0 Å². The smallest absolute Gasteiger partial charge is 0.242 e. The first-order chi connectivity index (χ1) is 8.90. The maximum absolute atomic E-state index is 12.2. The van der Waals surface area contributed by atoms with Crippen LogP contribution in [0.4, 0.5) is 0 Å². The Morgan fingerprint density at radius 1 is 1.32 bits per heavy atom. The van der Waals surface area contributed by atoms with E-state index in [9.17, 15) is 8.42 Å². The van der Waals surface area contributed by atoms with Crippen LogP contribution < -0.4 is 4.72 Å². The molecule has 0 spiro atoms. The Morgan fingerprint density at radius 3 is 2.58 bits per heavy atom. The molecule has 1 aromatic rings. The number of aliphatic hydroxyl groups is 1. The van der Waals surface area contributed by atoms with Crippen LogP contribution in [0.25, 0.3) is 0 Å². The lowest BCUT2D eigenvalue weighted by Crippen LogP contribution is -2.31. The first-order valence-electron chi connectivity index (χ1n) is 5.95. The molecule has 19 heavy (non-hydrogen) atoms. The van der Waals surface area contributed by atoms with Crippen LogP contribution in [0.1, 0.15) is 19.3 Å². The number of sulfonamides is 1. The van der Waals surface area contributed by atoms with Crippen LogP contribution in [0.5, 0.6) is 0 Å². The highest BCUT2D eigenvalue weighted by Crippen LogP contribution is 2.48. The normalized spacial score (nSPS) is 17.4. The van der Waals surface area contributed by atoms with Crippen molar-refractivity contribution >= 4 is 33.2 Å². The van der Waals surface area contributed by atoms with Gasteiger partial charge in [-0.25, -0.2) is 13.1 Å². The molecule has 0 aliphatic heterocycles. The number of hydrogen-bond donors (Lipinski definition) is 2. The van der Waals surface area contributed by atoms with E-state index in [1.165, 1.54) is 12.1 Å². The fourth-order valence-electron chi connectivity index (χ4n) is 1.95. The number of benzene rings is 1. The molecule has 0 unspecified atom stereocenters. The minimum atomic E-state index is -3.67. The molecule has 0 atom stereocenters. The van der Waals surface area contributed by atoms with E-state index in [4.69, 9.17) is 28.3 Å². The summed E-state index contributed by atoms with van der Waals surface area (Å²) < 4.78 is 26.9. The summed E-state index contributed by atoms with van der Waals surface area (Å²) in [6.45, 7) is 0.387. The van der Waals surface area contributed by atoms with Gasteiger partial charge >= 0.3 is 0 Å². The Morgan fingerprint density at radius 2 is 2.00 bits per heavy atom. The Labute approximate surface area is 122 Å². The Bertz CT molecular complexity index is 570. The van der Waals surface area contributed by atoms with E-state index >= 15 is 0 Å². The molecule has 1 aromatic carbocycles. The molecule has 0 aromatic heterocycles. The van der Waals surface area contributed by atoms with Gasteiger partial charge in [0.25, 0.3) is 0 Å². The highest BCUT2D eigenvalue weighted by Gasteiger charge is 2.42. The minimum Gasteiger partial charge on any atom is -0.396 e. The van der Waals surface area contributed by atoms with Crippen LogP contribution in [0.3, 0.4) is 0 Å². The predicted molar refractivity (Wildman–Crippen MR) is 75.0 cm³/mol. The molecule has 2 rings (SSSR count). The fraction of sp³-hybridized carbons (Fsp3) is 0.500. The van der Waals surface area contributed by atoms with Crippen LogP contribution in [-0.2, 0) is 10.0 Å². The molecule has 1 saturated carbocycles. The quantitative estimate of drug-likeness (QED) is 0.845. The summed E-state index contributed by atoms with van der Waals surface area (Å²) in [6.07, 6.45) is 2.47. The van der Waals surface area contributed by atoms with E-state index in [0.717, 1.165) is 12.8 Å². The van der Waals surface area contributed by atoms with E-state index in [1.807, 2.05) is 0 Å². The van der Waals surface area contributed by atoms with Crippen molar-refractivity contribution in [1.82, 2.24) is 4.72 Å². The van der Waals surface area contributed by atoms with Gasteiger partial charge in [-0.05, 0) is 36.8 Å². The third-order valence-electron chi connectivity index (χ3n) is 3.44. The second-order valence-corrected chi connectivity index (χ2v) is 7.37. The van der Waals surface area contributed by atoms with Crippen molar-refractivity contribution in [3.63, 3.8) is 0 Å². The standard InChI is InChI=1S/C12H15Cl2NO3S/c13-9-2-1-3-10(11(9)14)19(17,18)15-8-12(4-5-12)6-7-16/h1-3,15-16H,4-8H2. The summed E-state index contributed by atoms with van der Waals surface area (Å²) in [5.74, 6) is 0. The molecule has 0 saturated heterocycles. The van der Waals surface area contributed by atoms with Crippen molar-refractivity contribution in [3.05, 3.63) is 28.2 Å². The van der Waals surface area contributed by atoms with E-state index in [-0.39, 0.29) is 27.0 Å². The van der Waals surface area contributed by atoms with E-state index in [2.05, 4.69) is 4.72 Å². The Kier molecular flexibility index (Phi) is 4.42. The number of aliphatic hydroxyl groups excluding tert-OH is 1. The van der Waals surface area contributed by atoms with Crippen LogP contribution >= 0.6 is 23.2 Å². The van der Waals surface area contributed by atoms with Gasteiger partial charge in [-0.2, -0.15) is 0 Å². The average Bonchev–Trinajstić information content (AvgIpc) is 3.11. The van der Waals surface area contributed by atoms with Gasteiger partial charge in [-0.1, -0.05) is 29.3 Å². The number of rotatable bonds is 6. The Balaban J connectivity index is 2.13. The monoisotopic (exact) mass is 323 g/mol. The van der Waals surface area contributed by atoms with Crippen LogP contribution in [-0.4, -0.2) is 26.7 Å². The lowest BCUT2D eigenvalue weighted by atomic mass is 10.0. The van der Waals surface area contributed by atoms with Crippen molar-refractivity contribution in [3.8, 4) is 0 Å². The van der Waals surface area contributed by atoms with Crippen LogP contribution in [0, 0.1) is 5.41 Å². The zero-order valence-electron chi connectivity index (χ0n) is 10.2. The second kappa shape index (κ2) is 5.58. The molecule has 0 amide bonds. The zero-order valence-corrected chi connectivity index (χ0v) is 12.5. The molecular weight excluding hydrogens is 309 g/mol. The number of nitrogens with one attached hydrogen (secondary N) is 1. The van der Waals surface area contributed by atoms with Crippen molar-refractivity contribution < 1.29 is 13.5 Å². The highest BCUT2D eigenvalue weighted by molar-refractivity contribution is 7.89. The van der Waals surface area contributed by atoms with Gasteiger partial charge in [0, 0.05) is 13.2 Å². The fourth-order valence-corrected chi connectivity index (χ4v) is 3.86. The maximum atomic E-state index is 12.2. The molecule has 1 aliphatic rings. The summed E-state index contributed by atoms with van der Waals surface area (Å²) in [5, 5.41) is 9.19. The molecule has 7 heteroatoms. The highest BCUT2D eigenvalue weighted by atomic mass is 35.5. The van der Waals surface area contributed by atoms with E-state index < -0.39 is 10.0 Å². The van der Waals surface area contributed by atoms with Crippen molar-refractivity contribution in [1.29, 1.82) is 0 Å². The topological polar surface area (TPSA) is 66.4 Å². The van der Waals surface area contributed by atoms with Crippen molar-refractivity contribution in [2.24, 2.45) is 5.41 Å². The van der Waals surface area contributed by atoms with Gasteiger partial charge in [0.15, 0.2) is 0 Å².